The van der Waals surface area contributed by atoms with Gasteiger partial charge in [0.25, 0.3) is 5.91 Å². The van der Waals surface area contributed by atoms with E-state index in [9.17, 15) is 4.79 Å². The van der Waals surface area contributed by atoms with Gasteiger partial charge in [0.1, 0.15) is 17.1 Å². The number of nitrogen functional groups attached to an aromatic ring is 1. The Morgan fingerprint density at radius 2 is 1.96 bits per heavy atom. The first-order valence-corrected chi connectivity index (χ1v) is 8.14. The van der Waals surface area contributed by atoms with Gasteiger partial charge in [-0.3, -0.25) is 4.79 Å². The molecule has 2 heterocycles. The molecular weight excluding hydrogens is 316 g/mol. The van der Waals surface area contributed by atoms with Gasteiger partial charge in [-0.1, -0.05) is 37.3 Å². The van der Waals surface area contributed by atoms with Gasteiger partial charge in [-0.05, 0) is 37.1 Å². The molecule has 0 saturated heterocycles. The van der Waals surface area contributed by atoms with E-state index in [1.54, 1.807) is 12.1 Å². The number of rotatable bonds is 5. The summed E-state index contributed by atoms with van der Waals surface area (Å²) in [7, 11) is 0. The van der Waals surface area contributed by atoms with Crippen molar-refractivity contribution in [3.63, 3.8) is 0 Å². The van der Waals surface area contributed by atoms with Gasteiger partial charge in [0.05, 0.1) is 6.04 Å². The van der Waals surface area contributed by atoms with Crippen LogP contribution < -0.4 is 11.1 Å². The van der Waals surface area contributed by atoms with Gasteiger partial charge in [-0.2, -0.15) is 0 Å². The largest absolute Gasteiger partial charge is 0.460 e. The predicted octanol–water partition coefficient (Wildman–Crippen LogP) is 3.51. The van der Waals surface area contributed by atoms with Crippen LogP contribution in [0.4, 0.5) is 5.95 Å². The molecule has 6 nitrogen and oxygen atoms in total. The number of anilines is 1. The van der Waals surface area contributed by atoms with E-state index >= 15 is 0 Å². The molecule has 0 fully saturated rings. The monoisotopic (exact) mass is 336 g/mol. The predicted molar refractivity (Wildman–Crippen MR) is 95.8 cm³/mol. The Morgan fingerprint density at radius 3 is 2.60 bits per heavy atom. The SMILES string of the molecule is CCC(NC(=O)c1cc(-c2ccc(C)o2)nc(N)n1)c1ccccc1. The summed E-state index contributed by atoms with van der Waals surface area (Å²) in [4.78, 5) is 20.9. The summed E-state index contributed by atoms with van der Waals surface area (Å²) in [5.74, 6) is 1.04. The molecule has 0 spiro atoms. The lowest BCUT2D eigenvalue weighted by Crippen LogP contribution is -2.29. The number of aromatic nitrogens is 2. The van der Waals surface area contributed by atoms with Crippen molar-refractivity contribution in [1.82, 2.24) is 15.3 Å². The first kappa shape index (κ1) is 16.7. The van der Waals surface area contributed by atoms with Crippen LogP contribution in [0.25, 0.3) is 11.5 Å². The molecule has 25 heavy (non-hydrogen) atoms. The summed E-state index contributed by atoms with van der Waals surface area (Å²) in [6.45, 7) is 3.86. The number of nitrogens with zero attached hydrogens (tertiary/aromatic N) is 2. The van der Waals surface area contributed by atoms with Crippen LogP contribution in [-0.4, -0.2) is 15.9 Å². The third kappa shape index (κ3) is 3.85. The lowest BCUT2D eigenvalue weighted by Gasteiger charge is -2.17. The molecular formula is C19H20N4O2. The Labute approximate surface area is 146 Å². The Bertz CT molecular complexity index is 874. The fourth-order valence-corrected chi connectivity index (χ4v) is 2.62. The van der Waals surface area contributed by atoms with Crippen LogP contribution in [-0.2, 0) is 0 Å². The van der Waals surface area contributed by atoms with E-state index < -0.39 is 0 Å². The number of nitrogens with one attached hydrogen (secondary N) is 1. The normalized spacial score (nSPS) is 11.9. The molecule has 128 valence electrons. The molecule has 6 heteroatoms. The van der Waals surface area contributed by atoms with E-state index in [1.165, 1.54) is 0 Å². The first-order valence-electron chi connectivity index (χ1n) is 8.14. The van der Waals surface area contributed by atoms with Gasteiger partial charge < -0.3 is 15.5 Å². The maximum atomic E-state index is 12.6. The molecule has 0 aliphatic rings. The van der Waals surface area contributed by atoms with E-state index in [1.807, 2.05) is 50.2 Å². The first-order chi connectivity index (χ1) is 12.1. The van der Waals surface area contributed by atoms with Crippen molar-refractivity contribution in [2.45, 2.75) is 26.3 Å². The average Bonchev–Trinajstić information content (AvgIpc) is 3.06. The standard InChI is InChI=1S/C19H20N4O2/c1-3-14(13-7-5-4-6-8-13)21-18(24)16-11-15(22-19(20)23-16)17-10-9-12(2)25-17/h4-11,14H,3H2,1-2H3,(H,21,24)(H2,20,22,23). The van der Waals surface area contributed by atoms with Crippen molar-refractivity contribution < 1.29 is 9.21 Å². The van der Waals surface area contributed by atoms with Crippen molar-refractivity contribution in [2.24, 2.45) is 0 Å². The molecule has 1 atom stereocenters. The molecule has 3 N–H and O–H groups in total. The molecule has 0 aliphatic heterocycles. The molecule has 3 aromatic rings. The number of carbonyl (C=O) groups is 1. The van der Waals surface area contributed by atoms with Crippen LogP contribution in [0, 0.1) is 6.92 Å². The maximum absolute atomic E-state index is 12.6. The number of aryl methyl sites for hydroxylation is 1. The zero-order valence-electron chi connectivity index (χ0n) is 14.2. The van der Waals surface area contributed by atoms with E-state index in [4.69, 9.17) is 10.2 Å². The Balaban J connectivity index is 1.85. The van der Waals surface area contributed by atoms with Gasteiger partial charge in [0, 0.05) is 0 Å². The van der Waals surface area contributed by atoms with Crippen LogP contribution >= 0.6 is 0 Å². The number of amides is 1. The van der Waals surface area contributed by atoms with Crippen molar-refractivity contribution in [1.29, 1.82) is 0 Å². The summed E-state index contributed by atoms with van der Waals surface area (Å²) in [6, 6.07) is 14.9. The van der Waals surface area contributed by atoms with Gasteiger partial charge in [0.2, 0.25) is 5.95 Å². The smallest absolute Gasteiger partial charge is 0.270 e. The Kier molecular flexibility index (Phi) is 4.79. The highest BCUT2D eigenvalue weighted by Crippen LogP contribution is 2.22. The molecule has 1 aromatic carbocycles. The molecule has 1 unspecified atom stereocenters. The van der Waals surface area contributed by atoms with E-state index in [0.717, 1.165) is 17.7 Å². The van der Waals surface area contributed by atoms with Gasteiger partial charge in [-0.25, -0.2) is 9.97 Å². The molecule has 0 saturated carbocycles. The average molecular weight is 336 g/mol. The summed E-state index contributed by atoms with van der Waals surface area (Å²) in [5, 5.41) is 2.99. The van der Waals surface area contributed by atoms with Crippen LogP contribution in [0.2, 0.25) is 0 Å². The second kappa shape index (κ2) is 7.17. The quantitative estimate of drug-likeness (QED) is 0.743. The number of furan rings is 1. The summed E-state index contributed by atoms with van der Waals surface area (Å²) < 4.78 is 5.55. The molecule has 1 amide bonds. The van der Waals surface area contributed by atoms with Crippen molar-refractivity contribution >= 4 is 11.9 Å². The number of hydrogen-bond donors (Lipinski definition) is 2. The van der Waals surface area contributed by atoms with Crippen molar-refractivity contribution in [3.8, 4) is 11.5 Å². The van der Waals surface area contributed by atoms with Gasteiger partial charge >= 0.3 is 0 Å². The molecule has 0 bridgehead atoms. The van der Waals surface area contributed by atoms with E-state index in [2.05, 4.69) is 15.3 Å². The fraction of sp³-hybridized carbons (Fsp3) is 0.211. The Hall–Kier alpha value is -3.15. The van der Waals surface area contributed by atoms with E-state index in [-0.39, 0.29) is 23.6 Å². The highest BCUT2D eigenvalue weighted by atomic mass is 16.3. The lowest BCUT2D eigenvalue weighted by molar-refractivity contribution is 0.0930. The second-order valence-corrected chi connectivity index (χ2v) is 5.75. The Morgan fingerprint density at radius 1 is 1.20 bits per heavy atom. The zero-order chi connectivity index (χ0) is 17.8. The summed E-state index contributed by atoms with van der Waals surface area (Å²) >= 11 is 0. The fourth-order valence-electron chi connectivity index (χ4n) is 2.62. The highest BCUT2D eigenvalue weighted by Gasteiger charge is 2.17. The summed E-state index contributed by atoms with van der Waals surface area (Å²) in [5.41, 5.74) is 7.51. The number of nitrogens with two attached hydrogens (primary N) is 1. The van der Waals surface area contributed by atoms with Crippen molar-refractivity contribution in [2.75, 3.05) is 5.73 Å². The minimum atomic E-state index is -0.297. The minimum Gasteiger partial charge on any atom is -0.460 e. The highest BCUT2D eigenvalue weighted by molar-refractivity contribution is 5.93. The van der Waals surface area contributed by atoms with Gasteiger partial charge in [-0.15, -0.1) is 0 Å². The third-order valence-corrected chi connectivity index (χ3v) is 3.88. The number of hydrogen-bond acceptors (Lipinski definition) is 5. The second-order valence-electron chi connectivity index (χ2n) is 5.75. The molecule has 3 rings (SSSR count). The lowest BCUT2D eigenvalue weighted by atomic mass is 10.0. The van der Waals surface area contributed by atoms with Crippen LogP contribution in [0.5, 0.6) is 0 Å². The van der Waals surface area contributed by atoms with Crippen LogP contribution in [0.15, 0.2) is 52.9 Å². The topological polar surface area (TPSA) is 94.0 Å². The molecule has 0 aliphatic carbocycles. The van der Waals surface area contributed by atoms with Gasteiger partial charge in [0.15, 0.2) is 5.76 Å². The molecule has 2 aromatic heterocycles. The molecule has 0 radical (unpaired) electrons. The summed E-state index contributed by atoms with van der Waals surface area (Å²) in [6.07, 6.45) is 0.764. The van der Waals surface area contributed by atoms with E-state index in [0.29, 0.717) is 11.5 Å². The third-order valence-electron chi connectivity index (χ3n) is 3.88. The maximum Gasteiger partial charge on any atom is 0.270 e. The minimum absolute atomic E-state index is 0.0319. The van der Waals surface area contributed by atoms with Crippen molar-refractivity contribution in [3.05, 3.63) is 65.5 Å². The number of carbonyl (C=O) groups excluding carboxylic acids is 1. The van der Waals surface area contributed by atoms with Crippen LogP contribution in [0.1, 0.15) is 41.2 Å². The number of benzene rings is 1. The zero-order valence-corrected chi connectivity index (χ0v) is 14.2. The van der Waals surface area contributed by atoms with Crippen LogP contribution in [0.3, 0.4) is 0 Å².